The first kappa shape index (κ1) is 11.9. The number of hydrogen-bond donors (Lipinski definition) is 1. The van der Waals surface area contributed by atoms with Gasteiger partial charge in [0.2, 0.25) is 0 Å². The van der Waals surface area contributed by atoms with Crippen LogP contribution in [0.3, 0.4) is 0 Å². The summed E-state index contributed by atoms with van der Waals surface area (Å²) in [5.74, 6) is -1.40. The fourth-order valence-corrected chi connectivity index (χ4v) is 0.739. The number of ether oxygens (including phenoxy) is 2. The van der Waals surface area contributed by atoms with Crippen molar-refractivity contribution >= 4 is 0 Å². The summed E-state index contributed by atoms with van der Waals surface area (Å²) in [6.07, 6.45) is 2.89. The highest BCUT2D eigenvalue weighted by Gasteiger charge is 2.20. The summed E-state index contributed by atoms with van der Waals surface area (Å²) in [6.45, 7) is 6.66. The van der Waals surface area contributed by atoms with Crippen molar-refractivity contribution in [2.75, 3.05) is 13.2 Å². The normalized spacial score (nSPS) is 16.0. The Kier molecular flexibility index (Phi) is 6.34. The average molecular weight is 176 g/mol. The molecule has 0 saturated carbocycles. The minimum absolute atomic E-state index is 0.527. The molecule has 0 fully saturated rings. The summed E-state index contributed by atoms with van der Waals surface area (Å²) in [7, 11) is 0. The third-order valence-corrected chi connectivity index (χ3v) is 1.44. The first-order valence-corrected chi connectivity index (χ1v) is 4.62. The van der Waals surface area contributed by atoms with E-state index in [4.69, 9.17) is 9.47 Å². The van der Waals surface area contributed by atoms with Crippen molar-refractivity contribution in [2.45, 2.75) is 46.0 Å². The molecule has 0 aromatic heterocycles. The highest BCUT2D eigenvalue weighted by Crippen LogP contribution is 2.08. The molecule has 74 valence electrons. The zero-order valence-electron chi connectivity index (χ0n) is 8.30. The van der Waals surface area contributed by atoms with E-state index in [9.17, 15) is 5.11 Å². The molecule has 3 heteroatoms. The molecular weight excluding hydrogens is 156 g/mol. The maximum atomic E-state index is 9.43. The highest BCUT2D eigenvalue weighted by molar-refractivity contribution is 4.43. The van der Waals surface area contributed by atoms with E-state index >= 15 is 0 Å². The molecule has 0 aliphatic rings. The van der Waals surface area contributed by atoms with Crippen LogP contribution in [0.15, 0.2) is 0 Å². The molecule has 0 aromatic carbocycles. The van der Waals surface area contributed by atoms with Crippen molar-refractivity contribution in [1.29, 1.82) is 0 Å². The highest BCUT2D eigenvalue weighted by atomic mass is 16.8. The summed E-state index contributed by atoms with van der Waals surface area (Å²) in [5.41, 5.74) is 0. The second-order valence-electron chi connectivity index (χ2n) is 2.95. The second kappa shape index (κ2) is 6.40. The smallest absolute Gasteiger partial charge is 0.277 e. The Labute approximate surface area is 74.7 Å². The van der Waals surface area contributed by atoms with E-state index in [0.717, 1.165) is 19.3 Å². The minimum atomic E-state index is -1.40. The Bertz CT molecular complexity index is 102. The summed E-state index contributed by atoms with van der Waals surface area (Å²) in [5, 5.41) is 9.43. The number of aliphatic hydroxyl groups is 1. The van der Waals surface area contributed by atoms with Gasteiger partial charge in [-0.15, -0.1) is 0 Å². The van der Waals surface area contributed by atoms with Crippen LogP contribution in [-0.4, -0.2) is 24.3 Å². The van der Waals surface area contributed by atoms with Gasteiger partial charge < -0.3 is 14.6 Å². The first-order valence-electron chi connectivity index (χ1n) is 4.62. The molecule has 0 amide bonds. The Balaban J connectivity index is 3.42. The SMILES string of the molecule is CCCCOC(C)(O)OCCC. The van der Waals surface area contributed by atoms with Gasteiger partial charge in [0.1, 0.15) is 0 Å². The van der Waals surface area contributed by atoms with Crippen LogP contribution in [0, 0.1) is 0 Å². The maximum Gasteiger partial charge on any atom is 0.277 e. The van der Waals surface area contributed by atoms with Crippen LogP contribution in [0.4, 0.5) is 0 Å². The van der Waals surface area contributed by atoms with Crippen molar-refractivity contribution < 1.29 is 14.6 Å². The molecule has 0 aliphatic carbocycles. The zero-order valence-corrected chi connectivity index (χ0v) is 8.30. The van der Waals surface area contributed by atoms with Crippen LogP contribution in [0.5, 0.6) is 0 Å². The van der Waals surface area contributed by atoms with Crippen LogP contribution in [-0.2, 0) is 9.47 Å². The Hall–Kier alpha value is -0.120. The lowest BCUT2D eigenvalue weighted by Crippen LogP contribution is -2.32. The van der Waals surface area contributed by atoms with Gasteiger partial charge in [-0.3, -0.25) is 0 Å². The molecule has 0 rings (SSSR count). The van der Waals surface area contributed by atoms with E-state index in [1.165, 1.54) is 6.92 Å². The van der Waals surface area contributed by atoms with Crippen LogP contribution in [0.25, 0.3) is 0 Å². The van der Waals surface area contributed by atoms with Crippen molar-refractivity contribution in [3.8, 4) is 0 Å². The van der Waals surface area contributed by atoms with Crippen LogP contribution >= 0.6 is 0 Å². The third kappa shape index (κ3) is 6.58. The lowest BCUT2D eigenvalue weighted by atomic mass is 10.4. The fraction of sp³-hybridized carbons (Fsp3) is 1.00. The zero-order chi connectivity index (χ0) is 9.45. The van der Waals surface area contributed by atoms with E-state index in [2.05, 4.69) is 6.92 Å². The van der Waals surface area contributed by atoms with Gasteiger partial charge in [-0.1, -0.05) is 20.3 Å². The largest absolute Gasteiger partial charge is 0.344 e. The summed E-state index contributed by atoms with van der Waals surface area (Å²) in [4.78, 5) is 0. The Morgan fingerprint density at radius 2 is 1.67 bits per heavy atom. The molecular formula is C9H20O3. The van der Waals surface area contributed by atoms with E-state index in [1.54, 1.807) is 0 Å². The van der Waals surface area contributed by atoms with Crippen LogP contribution < -0.4 is 0 Å². The van der Waals surface area contributed by atoms with E-state index in [0.29, 0.717) is 13.2 Å². The second-order valence-corrected chi connectivity index (χ2v) is 2.95. The van der Waals surface area contributed by atoms with Crippen molar-refractivity contribution in [2.24, 2.45) is 0 Å². The van der Waals surface area contributed by atoms with Gasteiger partial charge >= 0.3 is 0 Å². The van der Waals surface area contributed by atoms with Gasteiger partial charge in [0.25, 0.3) is 5.97 Å². The number of hydrogen-bond acceptors (Lipinski definition) is 3. The fourth-order valence-electron chi connectivity index (χ4n) is 0.739. The van der Waals surface area contributed by atoms with Gasteiger partial charge in [-0.05, 0) is 12.8 Å². The molecule has 1 N–H and O–H groups in total. The summed E-state index contributed by atoms with van der Waals surface area (Å²) >= 11 is 0. The van der Waals surface area contributed by atoms with Gasteiger partial charge in [-0.25, -0.2) is 0 Å². The standard InChI is InChI=1S/C9H20O3/c1-4-6-8-12-9(3,10)11-7-5-2/h10H,4-8H2,1-3H3. The minimum Gasteiger partial charge on any atom is -0.344 e. The van der Waals surface area contributed by atoms with Gasteiger partial charge in [0.15, 0.2) is 0 Å². The predicted molar refractivity (Wildman–Crippen MR) is 47.7 cm³/mol. The van der Waals surface area contributed by atoms with Crippen molar-refractivity contribution in [1.82, 2.24) is 0 Å². The molecule has 0 aliphatic heterocycles. The van der Waals surface area contributed by atoms with Crippen LogP contribution in [0.2, 0.25) is 0 Å². The summed E-state index contributed by atoms with van der Waals surface area (Å²) in [6, 6.07) is 0. The topological polar surface area (TPSA) is 38.7 Å². The number of rotatable bonds is 7. The van der Waals surface area contributed by atoms with E-state index in [-0.39, 0.29) is 0 Å². The Morgan fingerprint density at radius 1 is 1.08 bits per heavy atom. The quantitative estimate of drug-likeness (QED) is 0.475. The lowest BCUT2D eigenvalue weighted by molar-refractivity contribution is -0.348. The lowest BCUT2D eigenvalue weighted by Gasteiger charge is -2.23. The third-order valence-electron chi connectivity index (χ3n) is 1.44. The average Bonchev–Trinajstić information content (AvgIpc) is 2.01. The van der Waals surface area contributed by atoms with Gasteiger partial charge in [0.05, 0.1) is 13.2 Å². The molecule has 0 bridgehead atoms. The van der Waals surface area contributed by atoms with Crippen molar-refractivity contribution in [3.63, 3.8) is 0 Å². The van der Waals surface area contributed by atoms with E-state index < -0.39 is 5.97 Å². The molecule has 0 aromatic rings. The molecule has 0 heterocycles. The molecule has 12 heavy (non-hydrogen) atoms. The number of unbranched alkanes of at least 4 members (excludes halogenated alkanes) is 1. The summed E-state index contributed by atoms with van der Waals surface area (Å²) < 4.78 is 10.2. The van der Waals surface area contributed by atoms with Crippen LogP contribution in [0.1, 0.15) is 40.0 Å². The van der Waals surface area contributed by atoms with E-state index in [1.807, 2.05) is 6.92 Å². The molecule has 1 atom stereocenters. The first-order chi connectivity index (χ1) is 5.62. The maximum absolute atomic E-state index is 9.43. The molecule has 3 nitrogen and oxygen atoms in total. The monoisotopic (exact) mass is 176 g/mol. The molecule has 0 saturated heterocycles. The predicted octanol–water partition coefficient (Wildman–Crippen LogP) is 1.90. The molecule has 1 unspecified atom stereocenters. The van der Waals surface area contributed by atoms with Gasteiger partial charge in [-0.2, -0.15) is 0 Å². The Morgan fingerprint density at radius 3 is 2.17 bits per heavy atom. The van der Waals surface area contributed by atoms with Crippen molar-refractivity contribution in [3.05, 3.63) is 0 Å². The van der Waals surface area contributed by atoms with Gasteiger partial charge in [0, 0.05) is 6.92 Å². The molecule has 0 radical (unpaired) electrons. The molecule has 0 spiro atoms.